The molecule has 0 spiro atoms. The number of hydrogen-bond acceptors (Lipinski definition) is 2. The number of rotatable bonds is 0. The van der Waals surface area contributed by atoms with E-state index in [1.807, 2.05) is 0 Å². The number of nitrogens with zero attached hydrogens (tertiary/aromatic N) is 2. The minimum atomic E-state index is -0.333. The summed E-state index contributed by atoms with van der Waals surface area (Å²) in [5, 5.41) is 3.23. The van der Waals surface area contributed by atoms with Crippen molar-refractivity contribution in [1.29, 1.82) is 0 Å². The number of hydrogen-bond donors (Lipinski definition) is 1. The van der Waals surface area contributed by atoms with E-state index in [0.717, 1.165) is 5.35 Å². The molecule has 0 saturated carbocycles. The van der Waals surface area contributed by atoms with Crippen molar-refractivity contribution in [2.24, 2.45) is 0 Å². The molecule has 4 heteroatoms. The molecule has 0 unspecified atom stereocenters. The molecule has 10 heavy (non-hydrogen) atoms. The summed E-state index contributed by atoms with van der Waals surface area (Å²) >= 11 is 0. The third-order valence-corrected chi connectivity index (χ3v) is 1.36. The fourth-order valence-corrected chi connectivity index (χ4v) is 0.908. The lowest BCUT2D eigenvalue weighted by atomic mass is 10.6. The highest BCUT2D eigenvalue weighted by molar-refractivity contribution is 5.37. The van der Waals surface area contributed by atoms with Gasteiger partial charge in [-0.25, -0.2) is 14.4 Å². The largest absolute Gasteiger partial charge is 0.362 e. The normalized spacial score (nSPS) is 10.8. The predicted molar refractivity (Wildman–Crippen MR) is 36.6 cm³/mol. The van der Waals surface area contributed by atoms with Gasteiger partial charge in [-0.3, -0.25) is 0 Å². The Morgan fingerprint density at radius 1 is 1.60 bits per heavy atom. The van der Waals surface area contributed by atoms with Crippen LogP contribution < -0.4 is 11.0 Å². The maximum atomic E-state index is 10.6. The number of aromatic amines is 1. The van der Waals surface area contributed by atoms with E-state index in [9.17, 15) is 4.79 Å². The van der Waals surface area contributed by atoms with Crippen molar-refractivity contribution in [3.8, 4) is 0 Å². The SMILES string of the molecule is C=c1ccc2nc(=O)[nH]n12. The van der Waals surface area contributed by atoms with Gasteiger partial charge in [0.05, 0.1) is 5.35 Å². The summed E-state index contributed by atoms with van der Waals surface area (Å²) in [5.74, 6) is 0. The number of fused-ring (bicyclic) bond motifs is 1. The average Bonchev–Trinajstić information content (AvgIpc) is 2.35. The van der Waals surface area contributed by atoms with Crippen LogP contribution >= 0.6 is 0 Å². The first-order valence-electron chi connectivity index (χ1n) is 2.84. The minimum absolute atomic E-state index is 0.333. The van der Waals surface area contributed by atoms with Gasteiger partial charge in [0, 0.05) is 0 Å². The molecule has 0 radical (unpaired) electrons. The molecular weight excluding hydrogens is 130 g/mol. The first-order valence-corrected chi connectivity index (χ1v) is 2.84. The van der Waals surface area contributed by atoms with Crippen LogP contribution in [0.4, 0.5) is 0 Å². The Hall–Kier alpha value is -1.58. The van der Waals surface area contributed by atoms with Crippen LogP contribution in [0.3, 0.4) is 0 Å². The molecule has 0 amide bonds. The highest BCUT2D eigenvalue weighted by Gasteiger charge is 1.96. The van der Waals surface area contributed by atoms with E-state index in [1.165, 1.54) is 0 Å². The van der Waals surface area contributed by atoms with E-state index < -0.39 is 0 Å². The molecule has 0 atom stereocenters. The first kappa shape index (κ1) is 5.22. The number of H-pyrrole nitrogens is 1. The van der Waals surface area contributed by atoms with Gasteiger partial charge in [-0.2, -0.15) is 4.98 Å². The molecule has 0 aromatic carbocycles. The van der Waals surface area contributed by atoms with E-state index in [1.54, 1.807) is 16.6 Å². The maximum Gasteiger partial charge on any atom is 0.362 e. The van der Waals surface area contributed by atoms with Gasteiger partial charge in [0.25, 0.3) is 0 Å². The van der Waals surface area contributed by atoms with Gasteiger partial charge < -0.3 is 0 Å². The van der Waals surface area contributed by atoms with Crippen LogP contribution in [-0.2, 0) is 0 Å². The Morgan fingerprint density at radius 2 is 2.40 bits per heavy atom. The second kappa shape index (κ2) is 1.47. The van der Waals surface area contributed by atoms with Crippen LogP contribution in [0.2, 0.25) is 0 Å². The Bertz CT molecular complexity index is 453. The Balaban J connectivity index is 3.18. The fraction of sp³-hybridized carbons (Fsp3) is 0. The lowest BCUT2D eigenvalue weighted by Gasteiger charge is -1.77. The van der Waals surface area contributed by atoms with E-state index in [-0.39, 0.29) is 5.69 Å². The predicted octanol–water partition coefficient (Wildman–Crippen LogP) is -0.848. The Morgan fingerprint density at radius 3 is 3.10 bits per heavy atom. The molecule has 0 aliphatic carbocycles. The fourth-order valence-electron chi connectivity index (χ4n) is 0.908. The first-order chi connectivity index (χ1) is 4.77. The van der Waals surface area contributed by atoms with Crippen molar-refractivity contribution in [2.75, 3.05) is 0 Å². The third-order valence-electron chi connectivity index (χ3n) is 1.36. The zero-order valence-corrected chi connectivity index (χ0v) is 5.16. The van der Waals surface area contributed by atoms with E-state index >= 15 is 0 Å². The summed E-state index contributed by atoms with van der Waals surface area (Å²) in [6, 6.07) is 3.53. The molecule has 4 nitrogen and oxygen atoms in total. The van der Waals surface area contributed by atoms with Crippen molar-refractivity contribution in [1.82, 2.24) is 14.6 Å². The van der Waals surface area contributed by atoms with Gasteiger partial charge in [-0.05, 0) is 12.1 Å². The molecule has 50 valence electrons. The van der Waals surface area contributed by atoms with E-state index in [0.29, 0.717) is 5.65 Å². The van der Waals surface area contributed by atoms with E-state index in [2.05, 4.69) is 16.7 Å². The number of nitrogens with one attached hydrogen (secondary N) is 1. The zero-order valence-electron chi connectivity index (χ0n) is 5.16. The van der Waals surface area contributed by atoms with Gasteiger partial charge in [0.1, 0.15) is 0 Å². The van der Waals surface area contributed by atoms with Crippen molar-refractivity contribution in [3.05, 3.63) is 28.0 Å². The molecular formula is C6H5N3O. The average molecular weight is 135 g/mol. The van der Waals surface area contributed by atoms with Crippen LogP contribution in [0, 0.1) is 0 Å². The summed E-state index contributed by atoms with van der Waals surface area (Å²) in [4.78, 5) is 14.2. The van der Waals surface area contributed by atoms with Crippen LogP contribution in [0.5, 0.6) is 0 Å². The third kappa shape index (κ3) is 0.500. The molecule has 2 aromatic heterocycles. The summed E-state index contributed by atoms with van der Waals surface area (Å²) in [5.41, 5.74) is 0.288. The summed E-state index contributed by atoms with van der Waals surface area (Å²) in [6.07, 6.45) is 0. The second-order valence-corrected chi connectivity index (χ2v) is 2.05. The standard InChI is InChI=1S/C6H5N3O/c1-4-2-3-5-7-6(10)8-9(4)5/h2-3H,1H2,(H,8,10). The van der Waals surface area contributed by atoms with Crippen LogP contribution in [-0.4, -0.2) is 14.6 Å². The smallest absolute Gasteiger partial charge is 0.244 e. The van der Waals surface area contributed by atoms with Crippen molar-refractivity contribution in [2.45, 2.75) is 0 Å². The minimum Gasteiger partial charge on any atom is -0.244 e. The van der Waals surface area contributed by atoms with Gasteiger partial charge in [-0.1, -0.05) is 6.58 Å². The van der Waals surface area contributed by atoms with Gasteiger partial charge >= 0.3 is 5.69 Å². The van der Waals surface area contributed by atoms with Crippen molar-refractivity contribution < 1.29 is 0 Å². The second-order valence-electron chi connectivity index (χ2n) is 2.05. The van der Waals surface area contributed by atoms with Gasteiger partial charge in [-0.15, -0.1) is 0 Å². The molecule has 0 aliphatic rings. The van der Waals surface area contributed by atoms with Crippen LogP contribution in [0.15, 0.2) is 16.9 Å². The lowest BCUT2D eigenvalue weighted by molar-refractivity contribution is 0.919. The highest BCUT2D eigenvalue weighted by Crippen LogP contribution is 1.86. The van der Waals surface area contributed by atoms with Crippen molar-refractivity contribution >= 4 is 12.2 Å². The van der Waals surface area contributed by atoms with Crippen molar-refractivity contribution in [3.63, 3.8) is 0 Å². The lowest BCUT2D eigenvalue weighted by Crippen LogP contribution is -2.10. The molecule has 2 rings (SSSR count). The number of aromatic nitrogens is 3. The summed E-state index contributed by atoms with van der Waals surface area (Å²) in [7, 11) is 0. The molecule has 1 N–H and O–H groups in total. The molecule has 0 saturated heterocycles. The van der Waals surface area contributed by atoms with Crippen LogP contribution in [0.25, 0.3) is 12.2 Å². The quantitative estimate of drug-likeness (QED) is 0.511. The highest BCUT2D eigenvalue weighted by atomic mass is 16.1. The summed E-state index contributed by atoms with van der Waals surface area (Å²) in [6.45, 7) is 3.67. The monoisotopic (exact) mass is 135 g/mol. The topological polar surface area (TPSA) is 50.2 Å². The van der Waals surface area contributed by atoms with E-state index in [4.69, 9.17) is 0 Å². The maximum absolute atomic E-state index is 10.6. The Labute approximate surface area is 55.8 Å². The zero-order chi connectivity index (χ0) is 7.14. The molecule has 0 bridgehead atoms. The molecule has 0 aliphatic heterocycles. The Kier molecular flexibility index (Phi) is 0.768. The summed E-state index contributed by atoms with van der Waals surface area (Å²) < 4.78 is 1.54. The molecule has 2 heterocycles. The molecule has 0 fully saturated rings. The van der Waals surface area contributed by atoms with Gasteiger partial charge in [0.15, 0.2) is 5.65 Å². The van der Waals surface area contributed by atoms with Gasteiger partial charge in [0.2, 0.25) is 0 Å². The molecule has 2 aromatic rings. The van der Waals surface area contributed by atoms with Crippen LogP contribution in [0.1, 0.15) is 0 Å².